The van der Waals surface area contributed by atoms with Crippen molar-refractivity contribution in [2.75, 3.05) is 7.05 Å². The highest BCUT2D eigenvalue weighted by molar-refractivity contribution is 5.96. The molecule has 1 aromatic rings. The molecule has 1 rings (SSSR count). The van der Waals surface area contributed by atoms with E-state index < -0.39 is 0 Å². The predicted octanol–water partition coefficient (Wildman–Crippen LogP) is -0.977. The number of nitrogens with zero attached hydrogens (tertiary/aromatic N) is 4. The number of aryl methyl sites for hydroxylation is 1. The predicted molar refractivity (Wildman–Crippen MR) is 54.8 cm³/mol. The lowest BCUT2D eigenvalue weighted by Crippen LogP contribution is -2.26. The van der Waals surface area contributed by atoms with Gasteiger partial charge in [0, 0.05) is 7.05 Å². The fourth-order valence-electron chi connectivity index (χ4n) is 1.00. The average molecular weight is 208 g/mol. The summed E-state index contributed by atoms with van der Waals surface area (Å²) in [7, 11) is 1.53. The van der Waals surface area contributed by atoms with Crippen LogP contribution in [0.1, 0.15) is 22.0 Å². The second-order valence-electron chi connectivity index (χ2n) is 2.90. The first kappa shape index (κ1) is 11.1. The number of carbonyl (C=O) groups excluding carboxylic acids is 1. The number of aromatic nitrogens is 2. The summed E-state index contributed by atoms with van der Waals surface area (Å²) in [6.07, 6.45) is 0.623. The van der Waals surface area contributed by atoms with Crippen LogP contribution in [0, 0.1) is 6.92 Å². The third-order valence-electron chi connectivity index (χ3n) is 1.51. The molecule has 0 fully saturated rings. The number of rotatable bonds is 3. The number of nitrogens with two attached hydrogens (primary N) is 2. The van der Waals surface area contributed by atoms with E-state index in [1.807, 2.05) is 0 Å². The van der Waals surface area contributed by atoms with Gasteiger partial charge in [0.1, 0.15) is 17.2 Å². The molecule has 80 valence electrons. The highest BCUT2D eigenvalue weighted by Crippen LogP contribution is 1.99. The highest BCUT2D eigenvalue weighted by atomic mass is 16.1. The summed E-state index contributed by atoms with van der Waals surface area (Å²) in [5, 5.41) is 4.83. The molecule has 0 spiro atoms. The van der Waals surface area contributed by atoms with Crippen LogP contribution in [-0.4, -0.2) is 34.3 Å². The molecule has 0 aliphatic heterocycles. The first-order valence-corrected chi connectivity index (χ1v) is 4.16. The third kappa shape index (κ3) is 2.99. The monoisotopic (exact) mass is 208 g/mol. The van der Waals surface area contributed by atoms with Gasteiger partial charge in [-0.3, -0.25) is 4.79 Å². The molecule has 0 aromatic carbocycles. The lowest BCUT2D eigenvalue weighted by molar-refractivity contribution is 0.111. The van der Waals surface area contributed by atoms with Gasteiger partial charge in [0.15, 0.2) is 12.1 Å². The number of hydrogen-bond donors (Lipinski definition) is 2. The molecule has 0 atom stereocenters. The molecule has 0 aliphatic rings. The van der Waals surface area contributed by atoms with E-state index in [0.717, 1.165) is 5.12 Å². The van der Waals surface area contributed by atoms with Gasteiger partial charge in [-0.05, 0) is 13.0 Å². The van der Waals surface area contributed by atoms with Crippen LogP contribution in [0.2, 0.25) is 0 Å². The Bertz CT molecular complexity index is 400. The Morgan fingerprint density at radius 3 is 2.80 bits per heavy atom. The maximum Gasteiger partial charge on any atom is 0.171 e. The highest BCUT2D eigenvalue weighted by Gasteiger charge is 2.05. The lowest BCUT2D eigenvalue weighted by atomic mass is 10.3. The van der Waals surface area contributed by atoms with Gasteiger partial charge in [-0.2, -0.15) is 0 Å². The van der Waals surface area contributed by atoms with Gasteiger partial charge >= 0.3 is 0 Å². The topological polar surface area (TPSA) is 110 Å². The quantitative estimate of drug-likeness (QED) is 0.217. The van der Waals surface area contributed by atoms with Crippen LogP contribution in [0.15, 0.2) is 11.2 Å². The van der Waals surface area contributed by atoms with Crippen molar-refractivity contribution in [1.82, 2.24) is 15.1 Å². The summed E-state index contributed by atoms with van der Waals surface area (Å²) in [4.78, 5) is 18.5. The zero-order chi connectivity index (χ0) is 11.4. The average Bonchev–Trinajstić information content (AvgIpc) is 2.15. The molecule has 0 radical (unpaired) electrons. The smallest absolute Gasteiger partial charge is 0.171 e. The van der Waals surface area contributed by atoms with Crippen molar-refractivity contribution in [3.8, 4) is 0 Å². The van der Waals surface area contributed by atoms with Crippen molar-refractivity contribution in [3.05, 3.63) is 23.3 Å². The van der Waals surface area contributed by atoms with E-state index in [2.05, 4.69) is 15.1 Å². The molecule has 0 unspecified atom stereocenters. The number of carbonyl (C=O) groups is 1. The van der Waals surface area contributed by atoms with Gasteiger partial charge in [0.2, 0.25) is 0 Å². The van der Waals surface area contributed by atoms with Gasteiger partial charge < -0.3 is 5.73 Å². The molecular formula is C8H12N6O. The standard InChI is InChI=1S/C8H12N6O/c1-5-11-6(4-15)3-7(12-5)8(9)13-14(2)10/h3-4H,10H2,1-2H3,(H2,9,13). The molecule has 1 heterocycles. The molecule has 7 heteroatoms. The molecule has 15 heavy (non-hydrogen) atoms. The molecule has 0 saturated carbocycles. The Morgan fingerprint density at radius 2 is 2.27 bits per heavy atom. The van der Waals surface area contributed by atoms with Crippen molar-refractivity contribution >= 4 is 12.1 Å². The summed E-state index contributed by atoms with van der Waals surface area (Å²) in [5.41, 5.74) is 6.25. The van der Waals surface area contributed by atoms with Crippen molar-refractivity contribution in [2.45, 2.75) is 6.92 Å². The number of hydrogen-bond acceptors (Lipinski definition) is 6. The Balaban J connectivity index is 3.14. The third-order valence-corrected chi connectivity index (χ3v) is 1.51. The van der Waals surface area contributed by atoms with Crippen LogP contribution in [0.4, 0.5) is 0 Å². The summed E-state index contributed by atoms with van der Waals surface area (Å²) in [5.74, 6) is 5.88. The zero-order valence-electron chi connectivity index (χ0n) is 8.51. The van der Waals surface area contributed by atoms with Crippen LogP contribution >= 0.6 is 0 Å². The number of hydrazone groups is 1. The van der Waals surface area contributed by atoms with E-state index in [9.17, 15) is 4.79 Å². The Hall–Kier alpha value is -2.02. The molecule has 0 amide bonds. The number of hydrazine groups is 1. The van der Waals surface area contributed by atoms with Crippen LogP contribution in [-0.2, 0) is 0 Å². The molecule has 7 nitrogen and oxygen atoms in total. The Labute approximate surface area is 86.8 Å². The SMILES string of the molecule is Cc1nc(C=O)cc(/C(N)=N/N(C)N)n1. The minimum Gasteiger partial charge on any atom is -0.380 e. The molecule has 4 N–H and O–H groups in total. The summed E-state index contributed by atoms with van der Waals surface area (Å²) >= 11 is 0. The van der Waals surface area contributed by atoms with Crippen molar-refractivity contribution < 1.29 is 4.79 Å². The molecular weight excluding hydrogens is 196 g/mol. The van der Waals surface area contributed by atoms with Crippen LogP contribution in [0.5, 0.6) is 0 Å². The molecule has 0 bridgehead atoms. The summed E-state index contributed by atoms with van der Waals surface area (Å²) < 4.78 is 0. The zero-order valence-corrected chi connectivity index (χ0v) is 8.51. The van der Waals surface area contributed by atoms with Gasteiger partial charge in [-0.1, -0.05) is 0 Å². The maximum atomic E-state index is 10.5. The van der Waals surface area contributed by atoms with Crippen LogP contribution in [0.25, 0.3) is 0 Å². The van der Waals surface area contributed by atoms with E-state index >= 15 is 0 Å². The van der Waals surface area contributed by atoms with E-state index in [-0.39, 0.29) is 11.5 Å². The van der Waals surface area contributed by atoms with E-state index in [1.54, 1.807) is 6.92 Å². The van der Waals surface area contributed by atoms with Crippen molar-refractivity contribution in [3.63, 3.8) is 0 Å². The minimum absolute atomic E-state index is 0.133. The van der Waals surface area contributed by atoms with E-state index in [4.69, 9.17) is 11.6 Å². The first-order chi connectivity index (χ1) is 7.02. The lowest BCUT2D eigenvalue weighted by Gasteiger charge is -2.06. The largest absolute Gasteiger partial charge is 0.380 e. The Morgan fingerprint density at radius 1 is 1.60 bits per heavy atom. The second kappa shape index (κ2) is 4.47. The van der Waals surface area contributed by atoms with Gasteiger partial charge in [0.25, 0.3) is 0 Å². The fourth-order valence-corrected chi connectivity index (χ4v) is 1.00. The fraction of sp³-hybridized carbons (Fsp3) is 0.250. The molecule has 0 saturated heterocycles. The summed E-state index contributed by atoms with van der Waals surface area (Å²) in [6, 6.07) is 1.45. The first-order valence-electron chi connectivity index (χ1n) is 4.16. The summed E-state index contributed by atoms with van der Waals surface area (Å²) in [6.45, 7) is 1.66. The number of amidine groups is 1. The van der Waals surface area contributed by atoms with Crippen LogP contribution in [0.3, 0.4) is 0 Å². The van der Waals surface area contributed by atoms with Gasteiger partial charge in [0.05, 0.1) is 0 Å². The van der Waals surface area contributed by atoms with Crippen molar-refractivity contribution in [2.24, 2.45) is 16.7 Å². The normalized spacial score (nSPS) is 11.3. The molecule has 1 aromatic heterocycles. The second-order valence-corrected chi connectivity index (χ2v) is 2.90. The Kier molecular flexibility index (Phi) is 3.29. The maximum absolute atomic E-state index is 10.5. The number of aldehydes is 1. The van der Waals surface area contributed by atoms with Crippen LogP contribution < -0.4 is 11.6 Å². The van der Waals surface area contributed by atoms with Gasteiger partial charge in [-0.15, -0.1) is 5.10 Å². The molecule has 0 aliphatic carbocycles. The minimum atomic E-state index is 0.133. The van der Waals surface area contributed by atoms with Crippen molar-refractivity contribution in [1.29, 1.82) is 0 Å². The van der Waals surface area contributed by atoms with E-state index in [0.29, 0.717) is 17.8 Å². The van der Waals surface area contributed by atoms with Gasteiger partial charge in [-0.25, -0.2) is 20.9 Å². The van der Waals surface area contributed by atoms with E-state index in [1.165, 1.54) is 13.1 Å².